The maximum absolute atomic E-state index is 12.0. The fourth-order valence-corrected chi connectivity index (χ4v) is 2.46. The number of benzene rings is 1. The molecule has 1 aliphatic rings. The molecule has 0 bridgehead atoms. The summed E-state index contributed by atoms with van der Waals surface area (Å²) in [7, 11) is 0. The molecule has 0 saturated carbocycles. The van der Waals surface area contributed by atoms with Gasteiger partial charge < -0.3 is 15.4 Å². The van der Waals surface area contributed by atoms with Crippen molar-refractivity contribution in [2.75, 3.05) is 25.0 Å². The number of halogens is 1. The van der Waals surface area contributed by atoms with Gasteiger partial charge in [-0.25, -0.2) is 4.79 Å². The number of esters is 1. The van der Waals surface area contributed by atoms with Gasteiger partial charge in [-0.1, -0.05) is 0 Å². The van der Waals surface area contributed by atoms with E-state index in [2.05, 4.69) is 10.6 Å². The lowest BCUT2D eigenvalue weighted by Crippen LogP contribution is -2.30. The summed E-state index contributed by atoms with van der Waals surface area (Å²) in [5, 5.41) is 6.17. The minimum atomic E-state index is -0.343. The van der Waals surface area contributed by atoms with Gasteiger partial charge in [0.25, 0.3) is 0 Å². The standard InChI is InChI=1S/C16H22N2O3.ClH/c1-2-21-16(20)13-3-5-14(6-4-13)18-15(19)11-12-7-9-17-10-8-12;/h3-6,12,17H,2,7-11H2,1H3,(H,18,19);1H. The van der Waals surface area contributed by atoms with Crippen molar-refractivity contribution in [3.63, 3.8) is 0 Å². The van der Waals surface area contributed by atoms with E-state index < -0.39 is 0 Å². The number of carbonyl (C=O) groups excluding carboxylic acids is 2. The number of nitrogens with one attached hydrogen (secondary N) is 2. The summed E-state index contributed by atoms with van der Waals surface area (Å²) in [6.45, 7) is 4.11. The minimum Gasteiger partial charge on any atom is -0.462 e. The van der Waals surface area contributed by atoms with Crippen molar-refractivity contribution in [1.82, 2.24) is 5.32 Å². The third-order valence-corrected chi connectivity index (χ3v) is 3.61. The Kier molecular flexibility index (Phi) is 7.91. The lowest BCUT2D eigenvalue weighted by atomic mass is 9.94. The number of hydrogen-bond acceptors (Lipinski definition) is 4. The molecule has 2 rings (SSSR count). The highest BCUT2D eigenvalue weighted by molar-refractivity contribution is 5.93. The Hall–Kier alpha value is -1.59. The molecule has 0 aliphatic carbocycles. The van der Waals surface area contributed by atoms with E-state index in [-0.39, 0.29) is 24.3 Å². The number of piperidine rings is 1. The largest absolute Gasteiger partial charge is 0.462 e. The van der Waals surface area contributed by atoms with E-state index in [0.717, 1.165) is 25.9 Å². The summed E-state index contributed by atoms with van der Waals surface area (Å²) in [6, 6.07) is 6.79. The molecule has 1 aromatic rings. The van der Waals surface area contributed by atoms with Gasteiger partial charge >= 0.3 is 5.97 Å². The molecule has 0 spiro atoms. The van der Waals surface area contributed by atoms with Crippen molar-refractivity contribution in [2.24, 2.45) is 5.92 Å². The molecule has 122 valence electrons. The number of amides is 1. The molecule has 0 unspecified atom stereocenters. The average Bonchev–Trinajstić information content (AvgIpc) is 2.49. The van der Waals surface area contributed by atoms with Crippen LogP contribution in [-0.2, 0) is 9.53 Å². The van der Waals surface area contributed by atoms with Gasteiger partial charge in [-0.3, -0.25) is 4.79 Å². The predicted octanol–water partition coefficient (Wildman–Crippen LogP) is 2.61. The minimum absolute atomic E-state index is 0. The molecule has 6 heteroatoms. The zero-order chi connectivity index (χ0) is 15.1. The highest BCUT2D eigenvalue weighted by atomic mass is 35.5. The second kappa shape index (κ2) is 9.43. The van der Waals surface area contributed by atoms with Crippen LogP contribution in [-0.4, -0.2) is 31.6 Å². The molecule has 1 saturated heterocycles. The van der Waals surface area contributed by atoms with E-state index in [9.17, 15) is 9.59 Å². The Labute approximate surface area is 137 Å². The van der Waals surface area contributed by atoms with Gasteiger partial charge in [-0.15, -0.1) is 12.4 Å². The zero-order valence-corrected chi connectivity index (χ0v) is 13.6. The Morgan fingerprint density at radius 2 is 1.86 bits per heavy atom. The Bertz CT molecular complexity index is 485. The lowest BCUT2D eigenvalue weighted by Gasteiger charge is -2.21. The summed E-state index contributed by atoms with van der Waals surface area (Å²) >= 11 is 0. The van der Waals surface area contributed by atoms with Crippen LogP contribution in [0, 0.1) is 5.92 Å². The SMILES string of the molecule is CCOC(=O)c1ccc(NC(=O)CC2CCNCC2)cc1.Cl. The van der Waals surface area contributed by atoms with Crippen LogP contribution < -0.4 is 10.6 Å². The first-order chi connectivity index (χ1) is 10.2. The predicted molar refractivity (Wildman–Crippen MR) is 88.5 cm³/mol. The van der Waals surface area contributed by atoms with Crippen LogP contribution in [0.15, 0.2) is 24.3 Å². The Balaban J connectivity index is 0.00000242. The highest BCUT2D eigenvalue weighted by Gasteiger charge is 2.16. The molecule has 5 nitrogen and oxygen atoms in total. The number of anilines is 1. The Morgan fingerprint density at radius 1 is 1.23 bits per heavy atom. The summed E-state index contributed by atoms with van der Waals surface area (Å²) < 4.78 is 4.92. The first-order valence-corrected chi connectivity index (χ1v) is 7.46. The van der Waals surface area contributed by atoms with Crippen molar-refractivity contribution in [1.29, 1.82) is 0 Å². The first kappa shape index (κ1) is 18.5. The molecule has 22 heavy (non-hydrogen) atoms. The maximum Gasteiger partial charge on any atom is 0.338 e. The molecule has 2 N–H and O–H groups in total. The van der Waals surface area contributed by atoms with Crippen molar-refractivity contribution in [3.05, 3.63) is 29.8 Å². The fourth-order valence-electron chi connectivity index (χ4n) is 2.46. The van der Waals surface area contributed by atoms with Gasteiger partial charge in [0.15, 0.2) is 0 Å². The van der Waals surface area contributed by atoms with Gasteiger partial charge in [-0.05, 0) is 63.0 Å². The Morgan fingerprint density at radius 3 is 2.45 bits per heavy atom. The molecule has 1 amide bonds. The van der Waals surface area contributed by atoms with E-state index in [1.54, 1.807) is 31.2 Å². The molecule has 0 aromatic heterocycles. The van der Waals surface area contributed by atoms with Crippen molar-refractivity contribution in [3.8, 4) is 0 Å². The summed E-state index contributed by atoms with van der Waals surface area (Å²) in [4.78, 5) is 23.5. The zero-order valence-electron chi connectivity index (χ0n) is 12.8. The van der Waals surface area contributed by atoms with Crippen LogP contribution in [0.5, 0.6) is 0 Å². The number of carbonyl (C=O) groups is 2. The van der Waals surface area contributed by atoms with Gasteiger partial charge in [0.1, 0.15) is 0 Å². The fraction of sp³-hybridized carbons (Fsp3) is 0.500. The van der Waals surface area contributed by atoms with Crippen LogP contribution >= 0.6 is 12.4 Å². The van der Waals surface area contributed by atoms with Gasteiger partial charge in [0.2, 0.25) is 5.91 Å². The normalized spacial score (nSPS) is 14.8. The van der Waals surface area contributed by atoms with E-state index in [1.807, 2.05) is 0 Å². The lowest BCUT2D eigenvalue weighted by molar-refractivity contribution is -0.117. The second-order valence-corrected chi connectivity index (χ2v) is 5.24. The number of ether oxygens (including phenoxy) is 1. The first-order valence-electron chi connectivity index (χ1n) is 7.46. The van der Waals surface area contributed by atoms with Gasteiger partial charge in [0.05, 0.1) is 12.2 Å². The summed E-state index contributed by atoms with van der Waals surface area (Å²) in [6.07, 6.45) is 2.66. The summed E-state index contributed by atoms with van der Waals surface area (Å²) in [5.41, 5.74) is 1.20. The quantitative estimate of drug-likeness (QED) is 0.816. The van der Waals surface area contributed by atoms with Crippen molar-refractivity contribution >= 4 is 30.0 Å². The molecular weight excluding hydrogens is 304 g/mol. The second-order valence-electron chi connectivity index (χ2n) is 5.24. The van der Waals surface area contributed by atoms with E-state index >= 15 is 0 Å². The van der Waals surface area contributed by atoms with Crippen molar-refractivity contribution < 1.29 is 14.3 Å². The molecule has 1 aliphatic heterocycles. The molecular formula is C16H23ClN2O3. The highest BCUT2D eigenvalue weighted by Crippen LogP contribution is 2.17. The van der Waals surface area contributed by atoms with E-state index in [0.29, 0.717) is 30.2 Å². The number of rotatable bonds is 5. The van der Waals surface area contributed by atoms with E-state index in [1.165, 1.54) is 0 Å². The number of hydrogen-bond donors (Lipinski definition) is 2. The van der Waals surface area contributed by atoms with Crippen LogP contribution in [0.4, 0.5) is 5.69 Å². The molecule has 1 aromatic carbocycles. The molecule has 0 radical (unpaired) electrons. The monoisotopic (exact) mass is 326 g/mol. The van der Waals surface area contributed by atoms with E-state index in [4.69, 9.17) is 4.74 Å². The van der Waals surface area contributed by atoms with Crippen LogP contribution in [0.25, 0.3) is 0 Å². The van der Waals surface area contributed by atoms with Crippen LogP contribution in [0.2, 0.25) is 0 Å². The summed E-state index contributed by atoms with van der Waals surface area (Å²) in [5.74, 6) is 0.154. The smallest absolute Gasteiger partial charge is 0.338 e. The third-order valence-electron chi connectivity index (χ3n) is 3.61. The van der Waals surface area contributed by atoms with Crippen LogP contribution in [0.3, 0.4) is 0 Å². The van der Waals surface area contributed by atoms with Crippen LogP contribution in [0.1, 0.15) is 36.5 Å². The van der Waals surface area contributed by atoms with Crippen molar-refractivity contribution in [2.45, 2.75) is 26.2 Å². The topological polar surface area (TPSA) is 67.4 Å². The molecule has 1 fully saturated rings. The van der Waals surface area contributed by atoms with Gasteiger partial charge in [0, 0.05) is 12.1 Å². The average molecular weight is 327 g/mol. The third kappa shape index (κ3) is 5.66. The van der Waals surface area contributed by atoms with Gasteiger partial charge in [-0.2, -0.15) is 0 Å². The molecule has 0 atom stereocenters. The molecule has 1 heterocycles. The maximum atomic E-state index is 12.0.